The van der Waals surface area contributed by atoms with Gasteiger partial charge in [-0.1, -0.05) is 12.1 Å². The van der Waals surface area contributed by atoms with Gasteiger partial charge in [-0.3, -0.25) is 0 Å². The van der Waals surface area contributed by atoms with E-state index in [1.165, 1.54) is 12.1 Å². The number of nitrogens with zero attached hydrogens (tertiary/aromatic N) is 2. The SMILES string of the molecule is CC(C)n1cncc1CN[C@@H](C)c1ccc(F)cc1. The van der Waals surface area contributed by atoms with Gasteiger partial charge in [0.25, 0.3) is 0 Å². The summed E-state index contributed by atoms with van der Waals surface area (Å²) in [4.78, 5) is 4.18. The van der Waals surface area contributed by atoms with Crippen molar-refractivity contribution in [2.75, 3.05) is 0 Å². The summed E-state index contributed by atoms with van der Waals surface area (Å²) in [5.41, 5.74) is 2.24. The minimum Gasteiger partial charge on any atom is -0.331 e. The van der Waals surface area contributed by atoms with Crippen molar-refractivity contribution in [2.24, 2.45) is 0 Å². The third kappa shape index (κ3) is 3.41. The van der Waals surface area contributed by atoms with Crippen LogP contribution in [0, 0.1) is 5.82 Å². The minimum absolute atomic E-state index is 0.177. The molecule has 0 aliphatic carbocycles. The van der Waals surface area contributed by atoms with Crippen molar-refractivity contribution in [3.05, 3.63) is 53.9 Å². The second-order valence-electron chi connectivity index (χ2n) is 5.04. The van der Waals surface area contributed by atoms with Crippen LogP contribution in [0.5, 0.6) is 0 Å². The summed E-state index contributed by atoms with van der Waals surface area (Å²) in [7, 11) is 0. The predicted molar refractivity (Wildman–Crippen MR) is 74.3 cm³/mol. The molecule has 0 unspecified atom stereocenters. The van der Waals surface area contributed by atoms with Crippen LogP contribution in [0.3, 0.4) is 0 Å². The highest BCUT2D eigenvalue weighted by Crippen LogP contribution is 2.15. The second kappa shape index (κ2) is 5.97. The first-order valence-electron chi connectivity index (χ1n) is 6.57. The summed E-state index contributed by atoms with van der Waals surface area (Å²) < 4.78 is 15.0. The number of benzene rings is 1. The molecule has 0 amide bonds. The predicted octanol–water partition coefficient (Wildman–Crippen LogP) is 3.45. The fraction of sp³-hybridized carbons (Fsp3) is 0.400. The zero-order chi connectivity index (χ0) is 13.8. The van der Waals surface area contributed by atoms with E-state index >= 15 is 0 Å². The summed E-state index contributed by atoms with van der Waals surface area (Å²) in [6.45, 7) is 7.09. The third-order valence-corrected chi connectivity index (χ3v) is 3.26. The molecule has 0 aliphatic rings. The van der Waals surface area contributed by atoms with Gasteiger partial charge in [-0.15, -0.1) is 0 Å². The van der Waals surface area contributed by atoms with Gasteiger partial charge in [-0.2, -0.15) is 0 Å². The maximum Gasteiger partial charge on any atom is 0.123 e. The Kier molecular flexibility index (Phi) is 4.32. The van der Waals surface area contributed by atoms with Gasteiger partial charge in [-0.25, -0.2) is 9.37 Å². The van der Waals surface area contributed by atoms with Crippen molar-refractivity contribution in [3.63, 3.8) is 0 Å². The number of rotatable bonds is 5. The molecule has 0 spiro atoms. The van der Waals surface area contributed by atoms with Crippen LogP contribution in [0.2, 0.25) is 0 Å². The topological polar surface area (TPSA) is 29.9 Å². The summed E-state index contributed by atoms with van der Waals surface area (Å²) in [6.07, 6.45) is 3.73. The van der Waals surface area contributed by atoms with E-state index in [0.29, 0.717) is 6.04 Å². The van der Waals surface area contributed by atoms with Gasteiger partial charge in [0.05, 0.1) is 12.0 Å². The van der Waals surface area contributed by atoms with Crippen molar-refractivity contribution < 1.29 is 4.39 Å². The Hall–Kier alpha value is -1.68. The molecule has 1 N–H and O–H groups in total. The number of halogens is 1. The zero-order valence-corrected chi connectivity index (χ0v) is 11.6. The molecular formula is C15H20FN3. The molecule has 1 atom stereocenters. The van der Waals surface area contributed by atoms with Crippen LogP contribution in [0.25, 0.3) is 0 Å². The minimum atomic E-state index is -0.200. The monoisotopic (exact) mass is 261 g/mol. The van der Waals surface area contributed by atoms with Crippen molar-refractivity contribution in [3.8, 4) is 0 Å². The van der Waals surface area contributed by atoms with Gasteiger partial charge in [-0.05, 0) is 38.5 Å². The van der Waals surface area contributed by atoms with E-state index < -0.39 is 0 Å². The van der Waals surface area contributed by atoms with Crippen molar-refractivity contribution in [1.29, 1.82) is 0 Å². The molecule has 1 aromatic heterocycles. The van der Waals surface area contributed by atoms with E-state index in [9.17, 15) is 4.39 Å². The molecule has 0 fully saturated rings. The van der Waals surface area contributed by atoms with E-state index in [0.717, 1.165) is 17.8 Å². The Labute approximate surface area is 113 Å². The third-order valence-electron chi connectivity index (χ3n) is 3.26. The van der Waals surface area contributed by atoms with Crippen molar-refractivity contribution >= 4 is 0 Å². The number of hydrogen-bond donors (Lipinski definition) is 1. The fourth-order valence-electron chi connectivity index (χ4n) is 2.06. The highest BCUT2D eigenvalue weighted by molar-refractivity contribution is 5.19. The number of aromatic nitrogens is 2. The molecule has 0 saturated carbocycles. The molecule has 0 aliphatic heterocycles. The molecule has 19 heavy (non-hydrogen) atoms. The lowest BCUT2D eigenvalue weighted by Crippen LogP contribution is -2.20. The maximum atomic E-state index is 12.9. The first-order chi connectivity index (χ1) is 9.08. The van der Waals surface area contributed by atoms with E-state index in [4.69, 9.17) is 0 Å². The van der Waals surface area contributed by atoms with Gasteiger partial charge in [0.15, 0.2) is 0 Å². The molecule has 1 aromatic carbocycles. The Balaban J connectivity index is 1.98. The molecule has 1 heterocycles. The second-order valence-corrected chi connectivity index (χ2v) is 5.04. The normalized spacial score (nSPS) is 12.9. The van der Waals surface area contributed by atoms with E-state index in [1.807, 2.05) is 24.7 Å². The molecule has 2 aromatic rings. The highest BCUT2D eigenvalue weighted by Gasteiger charge is 2.08. The molecule has 4 heteroatoms. The number of imidazole rings is 1. The lowest BCUT2D eigenvalue weighted by atomic mass is 10.1. The van der Waals surface area contributed by atoms with Gasteiger partial charge in [0, 0.05) is 24.8 Å². The number of hydrogen-bond acceptors (Lipinski definition) is 2. The Morgan fingerprint density at radius 1 is 1.21 bits per heavy atom. The van der Waals surface area contributed by atoms with Crippen LogP contribution < -0.4 is 5.32 Å². The van der Waals surface area contributed by atoms with Crippen LogP contribution in [0.4, 0.5) is 4.39 Å². The van der Waals surface area contributed by atoms with Crippen LogP contribution in [-0.2, 0) is 6.54 Å². The van der Waals surface area contributed by atoms with Gasteiger partial charge >= 0.3 is 0 Å². The molecular weight excluding hydrogens is 241 g/mol. The Morgan fingerprint density at radius 2 is 1.89 bits per heavy atom. The van der Waals surface area contributed by atoms with Crippen LogP contribution in [-0.4, -0.2) is 9.55 Å². The summed E-state index contributed by atoms with van der Waals surface area (Å²) in [5.74, 6) is -0.200. The Morgan fingerprint density at radius 3 is 2.53 bits per heavy atom. The van der Waals surface area contributed by atoms with E-state index in [1.54, 1.807) is 0 Å². The summed E-state index contributed by atoms with van der Waals surface area (Å²) in [6, 6.07) is 7.19. The van der Waals surface area contributed by atoms with Crippen LogP contribution >= 0.6 is 0 Å². The summed E-state index contributed by atoms with van der Waals surface area (Å²) >= 11 is 0. The Bertz CT molecular complexity index is 516. The van der Waals surface area contributed by atoms with Crippen LogP contribution in [0.15, 0.2) is 36.8 Å². The summed E-state index contributed by atoms with van der Waals surface area (Å²) in [5, 5.41) is 3.43. The fourth-order valence-corrected chi connectivity index (χ4v) is 2.06. The molecule has 0 radical (unpaired) electrons. The number of nitrogens with one attached hydrogen (secondary N) is 1. The lowest BCUT2D eigenvalue weighted by Gasteiger charge is -2.16. The van der Waals surface area contributed by atoms with E-state index in [2.05, 4.69) is 35.6 Å². The van der Waals surface area contributed by atoms with E-state index in [-0.39, 0.29) is 11.9 Å². The van der Waals surface area contributed by atoms with Crippen molar-refractivity contribution in [2.45, 2.75) is 39.4 Å². The maximum absolute atomic E-state index is 12.9. The first-order valence-corrected chi connectivity index (χ1v) is 6.57. The zero-order valence-electron chi connectivity index (χ0n) is 11.6. The molecule has 102 valence electrons. The largest absolute Gasteiger partial charge is 0.331 e. The van der Waals surface area contributed by atoms with Crippen molar-refractivity contribution in [1.82, 2.24) is 14.9 Å². The van der Waals surface area contributed by atoms with Gasteiger partial charge < -0.3 is 9.88 Å². The van der Waals surface area contributed by atoms with Gasteiger partial charge in [0.1, 0.15) is 5.82 Å². The smallest absolute Gasteiger partial charge is 0.123 e. The van der Waals surface area contributed by atoms with Gasteiger partial charge in [0.2, 0.25) is 0 Å². The lowest BCUT2D eigenvalue weighted by molar-refractivity contribution is 0.517. The molecule has 3 nitrogen and oxygen atoms in total. The average molecular weight is 261 g/mol. The first kappa shape index (κ1) is 13.7. The standard InChI is InChI=1S/C15H20FN3/c1-11(2)19-10-17-8-15(19)9-18-12(3)13-4-6-14(16)7-5-13/h4-8,10-12,18H,9H2,1-3H3/t12-/m0/s1. The highest BCUT2D eigenvalue weighted by atomic mass is 19.1. The molecule has 0 saturated heterocycles. The average Bonchev–Trinajstić information content (AvgIpc) is 2.85. The molecule has 2 rings (SSSR count). The van der Waals surface area contributed by atoms with Crippen LogP contribution in [0.1, 0.15) is 44.1 Å². The molecule has 0 bridgehead atoms. The quantitative estimate of drug-likeness (QED) is 0.893.